The van der Waals surface area contributed by atoms with Gasteiger partial charge >= 0.3 is 0 Å². The lowest BCUT2D eigenvalue weighted by molar-refractivity contribution is -0.124. The number of hydrogen-bond donors (Lipinski definition) is 2. The molecule has 1 heterocycles. The third-order valence-corrected chi connectivity index (χ3v) is 5.90. The summed E-state index contributed by atoms with van der Waals surface area (Å²) in [6.45, 7) is 0.906. The van der Waals surface area contributed by atoms with Gasteiger partial charge in [-0.05, 0) is 61.9 Å². The minimum atomic E-state index is -0.653. The summed E-state index contributed by atoms with van der Waals surface area (Å²) in [5.74, 6) is -1.19. The minimum Gasteiger partial charge on any atom is -0.352 e. The highest BCUT2D eigenvalue weighted by Gasteiger charge is 2.36. The molecule has 31 heavy (non-hydrogen) atoms. The number of piperidine rings is 1. The van der Waals surface area contributed by atoms with Gasteiger partial charge in [0.15, 0.2) is 0 Å². The van der Waals surface area contributed by atoms with Crippen LogP contribution in [-0.4, -0.2) is 47.8 Å². The van der Waals surface area contributed by atoms with Crippen molar-refractivity contribution < 1.29 is 18.8 Å². The number of hydrogen-bond acceptors (Lipinski definition) is 3. The zero-order chi connectivity index (χ0) is 21.8. The molecule has 0 bridgehead atoms. The van der Waals surface area contributed by atoms with E-state index in [9.17, 15) is 18.8 Å². The lowest BCUT2D eigenvalue weighted by Crippen LogP contribution is -2.54. The Bertz CT molecular complexity index is 954. The molecule has 0 spiro atoms. The van der Waals surface area contributed by atoms with Gasteiger partial charge in [-0.15, -0.1) is 0 Å². The van der Waals surface area contributed by atoms with Crippen molar-refractivity contribution in [3.05, 3.63) is 71.5 Å². The summed E-state index contributed by atoms with van der Waals surface area (Å²) in [5, 5.41) is 5.91. The monoisotopic (exact) mass is 423 g/mol. The lowest BCUT2D eigenvalue weighted by atomic mass is 9.88. The molecule has 4 rings (SSSR count). The van der Waals surface area contributed by atoms with Crippen molar-refractivity contribution in [2.75, 3.05) is 13.1 Å². The van der Waals surface area contributed by atoms with E-state index in [0.717, 1.165) is 12.8 Å². The van der Waals surface area contributed by atoms with E-state index in [4.69, 9.17) is 0 Å². The minimum absolute atomic E-state index is 0.0806. The van der Waals surface area contributed by atoms with Crippen molar-refractivity contribution in [3.8, 4) is 0 Å². The first kappa shape index (κ1) is 21.0. The van der Waals surface area contributed by atoms with Gasteiger partial charge < -0.3 is 15.5 Å². The summed E-state index contributed by atoms with van der Waals surface area (Å²) in [6, 6.07) is 14.0. The third kappa shape index (κ3) is 5.29. The second-order valence-electron chi connectivity index (χ2n) is 8.24. The average Bonchev–Trinajstić information content (AvgIpc) is 3.61. The first-order chi connectivity index (χ1) is 15.0. The van der Waals surface area contributed by atoms with Gasteiger partial charge in [-0.3, -0.25) is 14.4 Å². The maximum absolute atomic E-state index is 13.5. The number of halogens is 1. The van der Waals surface area contributed by atoms with Crippen LogP contribution in [0.15, 0.2) is 54.6 Å². The van der Waals surface area contributed by atoms with Crippen LogP contribution in [0.1, 0.15) is 46.4 Å². The van der Waals surface area contributed by atoms with Crippen LogP contribution in [0.4, 0.5) is 4.39 Å². The first-order valence-electron chi connectivity index (χ1n) is 10.7. The van der Waals surface area contributed by atoms with E-state index in [-0.39, 0.29) is 29.7 Å². The lowest BCUT2D eigenvalue weighted by Gasteiger charge is -2.36. The quantitative estimate of drug-likeness (QED) is 0.750. The zero-order valence-electron chi connectivity index (χ0n) is 17.2. The summed E-state index contributed by atoms with van der Waals surface area (Å²) in [4.78, 5) is 40.0. The molecule has 3 amide bonds. The van der Waals surface area contributed by atoms with Crippen LogP contribution in [0.5, 0.6) is 0 Å². The highest BCUT2D eigenvalue weighted by Crippen LogP contribution is 2.25. The molecule has 0 unspecified atom stereocenters. The number of amides is 3. The Hall–Kier alpha value is -3.22. The Morgan fingerprint density at radius 3 is 2.23 bits per heavy atom. The van der Waals surface area contributed by atoms with Crippen molar-refractivity contribution in [2.24, 2.45) is 5.92 Å². The van der Waals surface area contributed by atoms with Gasteiger partial charge in [-0.2, -0.15) is 0 Å². The highest BCUT2D eigenvalue weighted by atomic mass is 19.1. The second kappa shape index (κ2) is 9.29. The van der Waals surface area contributed by atoms with Crippen molar-refractivity contribution >= 4 is 17.7 Å². The molecule has 6 nitrogen and oxygen atoms in total. The van der Waals surface area contributed by atoms with Crippen LogP contribution in [0.3, 0.4) is 0 Å². The molecule has 1 atom stereocenters. The van der Waals surface area contributed by atoms with E-state index in [1.54, 1.807) is 35.2 Å². The molecule has 0 radical (unpaired) electrons. The molecule has 1 saturated carbocycles. The fraction of sp³-hybridized carbons (Fsp3) is 0.375. The van der Waals surface area contributed by atoms with E-state index in [2.05, 4.69) is 10.6 Å². The Morgan fingerprint density at radius 2 is 1.58 bits per heavy atom. The standard InChI is InChI=1S/C24H26FN3O3/c25-19-8-4-7-18(15-19)24(31)28-13-11-16(12-14-28)21(23(30)26-20-9-10-20)27-22(29)17-5-2-1-3-6-17/h1-8,15-16,20-21H,9-14H2,(H,26,30)(H,27,29)/t21-/m0/s1. The topological polar surface area (TPSA) is 78.5 Å². The maximum atomic E-state index is 13.5. The van der Waals surface area contributed by atoms with Crippen LogP contribution in [0.25, 0.3) is 0 Å². The molecule has 1 aliphatic heterocycles. The van der Waals surface area contributed by atoms with Gasteiger partial charge in [0.05, 0.1) is 0 Å². The molecule has 2 aliphatic rings. The number of rotatable bonds is 6. The van der Waals surface area contributed by atoms with Crippen LogP contribution in [-0.2, 0) is 4.79 Å². The summed E-state index contributed by atoms with van der Waals surface area (Å²) in [6.07, 6.45) is 3.09. The molecule has 2 aromatic carbocycles. The van der Waals surface area contributed by atoms with E-state index in [1.807, 2.05) is 6.07 Å². The summed E-state index contributed by atoms with van der Waals surface area (Å²) in [5.41, 5.74) is 0.823. The smallest absolute Gasteiger partial charge is 0.253 e. The van der Waals surface area contributed by atoms with E-state index >= 15 is 0 Å². The summed E-state index contributed by atoms with van der Waals surface area (Å²) < 4.78 is 13.5. The molecule has 1 saturated heterocycles. The van der Waals surface area contributed by atoms with Crippen molar-refractivity contribution in [1.29, 1.82) is 0 Å². The number of nitrogens with zero attached hydrogens (tertiary/aromatic N) is 1. The largest absolute Gasteiger partial charge is 0.352 e. The molecule has 0 aromatic heterocycles. The molecule has 7 heteroatoms. The van der Waals surface area contributed by atoms with E-state index in [1.165, 1.54) is 18.2 Å². The average molecular weight is 423 g/mol. The number of benzene rings is 2. The highest BCUT2D eigenvalue weighted by molar-refractivity contribution is 5.98. The van der Waals surface area contributed by atoms with Crippen LogP contribution < -0.4 is 10.6 Å². The predicted molar refractivity (Wildman–Crippen MR) is 114 cm³/mol. The van der Waals surface area contributed by atoms with Gasteiger partial charge in [0.1, 0.15) is 11.9 Å². The molecule has 2 fully saturated rings. The maximum Gasteiger partial charge on any atom is 0.253 e. The van der Waals surface area contributed by atoms with Crippen molar-refractivity contribution in [1.82, 2.24) is 15.5 Å². The molecule has 1 aliphatic carbocycles. The molecular weight excluding hydrogens is 397 g/mol. The van der Waals surface area contributed by atoms with Crippen molar-refractivity contribution in [3.63, 3.8) is 0 Å². The fourth-order valence-electron chi connectivity index (χ4n) is 3.97. The summed E-state index contributed by atoms with van der Waals surface area (Å²) in [7, 11) is 0. The fourth-order valence-corrected chi connectivity index (χ4v) is 3.97. The van der Waals surface area contributed by atoms with Crippen LogP contribution in [0.2, 0.25) is 0 Å². The third-order valence-electron chi connectivity index (χ3n) is 5.90. The Labute approximate surface area is 180 Å². The predicted octanol–water partition coefficient (Wildman–Crippen LogP) is 2.76. The Balaban J connectivity index is 1.42. The van der Waals surface area contributed by atoms with Gasteiger partial charge in [-0.25, -0.2) is 4.39 Å². The molecule has 162 valence electrons. The van der Waals surface area contributed by atoms with Gasteiger partial charge in [0.2, 0.25) is 5.91 Å². The second-order valence-corrected chi connectivity index (χ2v) is 8.24. The number of carbonyl (C=O) groups is 3. The van der Waals surface area contributed by atoms with Crippen LogP contribution >= 0.6 is 0 Å². The van der Waals surface area contributed by atoms with Crippen molar-refractivity contribution in [2.45, 2.75) is 37.8 Å². The number of likely N-dealkylation sites (tertiary alicyclic amines) is 1. The summed E-state index contributed by atoms with van der Waals surface area (Å²) >= 11 is 0. The van der Waals surface area contributed by atoms with Gasteiger partial charge in [0, 0.05) is 30.3 Å². The normalized spacial score (nSPS) is 17.6. The molecule has 2 aromatic rings. The number of nitrogens with one attached hydrogen (secondary N) is 2. The first-order valence-corrected chi connectivity index (χ1v) is 10.7. The Morgan fingerprint density at radius 1 is 0.903 bits per heavy atom. The zero-order valence-corrected chi connectivity index (χ0v) is 17.2. The van der Waals surface area contributed by atoms with Gasteiger partial charge in [-0.1, -0.05) is 24.3 Å². The van der Waals surface area contributed by atoms with Gasteiger partial charge in [0.25, 0.3) is 11.8 Å². The number of carbonyl (C=O) groups excluding carboxylic acids is 3. The SMILES string of the molecule is O=C(N[C@H](C(=O)NC1CC1)C1CCN(C(=O)c2cccc(F)c2)CC1)c1ccccc1. The molecule has 2 N–H and O–H groups in total. The Kier molecular flexibility index (Phi) is 6.30. The molecular formula is C24H26FN3O3. The van der Waals surface area contributed by atoms with Crippen LogP contribution in [0, 0.1) is 11.7 Å². The van der Waals surface area contributed by atoms with E-state index in [0.29, 0.717) is 37.1 Å². The van der Waals surface area contributed by atoms with E-state index < -0.39 is 11.9 Å².